The Morgan fingerprint density at radius 3 is 2.59 bits per heavy atom. The van der Waals surface area contributed by atoms with Gasteiger partial charge >= 0.3 is 0 Å². The Morgan fingerprint density at radius 1 is 1.22 bits per heavy atom. The first kappa shape index (κ1) is 19.7. The summed E-state index contributed by atoms with van der Waals surface area (Å²) >= 11 is 0. The maximum Gasteiger partial charge on any atom is 0.254 e. The molecule has 1 amide bonds. The molecule has 0 aromatic carbocycles. The summed E-state index contributed by atoms with van der Waals surface area (Å²) in [5.41, 5.74) is 5.51. The van der Waals surface area contributed by atoms with Crippen LogP contribution in [0.5, 0.6) is 0 Å². The van der Waals surface area contributed by atoms with Crippen molar-refractivity contribution in [2.24, 2.45) is 5.73 Å². The minimum atomic E-state index is -2.70. The zero-order valence-corrected chi connectivity index (χ0v) is 15.5. The second kappa shape index (κ2) is 8.33. The molecule has 0 bridgehead atoms. The van der Waals surface area contributed by atoms with E-state index in [1.165, 1.54) is 6.20 Å². The highest BCUT2D eigenvalue weighted by molar-refractivity contribution is 5.97. The Morgan fingerprint density at radius 2 is 1.96 bits per heavy atom. The van der Waals surface area contributed by atoms with Crippen molar-refractivity contribution in [2.75, 3.05) is 17.7 Å². The number of primary amides is 1. The fourth-order valence-corrected chi connectivity index (χ4v) is 3.86. The predicted octanol–water partition coefficient (Wildman–Crippen LogP) is 2.93. The van der Waals surface area contributed by atoms with Gasteiger partial charge in [0.25, 0.3) is 5.91 Å². The minimum Gasteiger partial charge on any atom is -0.381 e. The molecule has 2 fully saturated rings. The fraction of sp³-hybridized carbons (Fsp3) is 0.722. The molecule has 150 valence electrons. The van der Waals surface area contributed by atoms with Gasteiger partial charge in [0.15, 0.2) is 0 Å². The molecule has 0 radical (unpaired) electrons. The third kappa shape index (κ3) is 5.24. The first-order valence-electron chi connectivity index (χ1n) is 9.47. The molecule has 2 aliphatic rings. The summed E-state index contributed by atoms with van der Waals surface area (Å²) in [5, 5.41) is 6.26. The second-order valence-corrected chi connectivity index (χ2v) is 7.47. The summed E-state index contributed by atoms with van der Waals surface area (Å²) in [6.45, 7) is 0. The van der Waals surface area contributed by atoms with Gasteiger partial charge in [0, 0.05) is 38.2 Å². The van der Waals surface area contributed by atoms with Crippen LogP contribution in [-0.4, -0.2) is 47.1 Å². The molecule has 0 spiro atoms. The molecule has 1 aromatic heterocycles. The third-order valence-corrected chi connectivity index (χ3v) is 5.38. The monoisotopic (exact) mass is 383 g/mol. The lowest BCUT2D eigenvalue weighted by Gasteiger charge is -2.30. The quantitative estimate of drug-likeness (QED) is 0.698. The van der Waals surface area contributed by atoms with Gasteiger partial charge in [0.2, 0.25) is 11.9 Å². The van der Waals surface area contributed by atoms with E-state index in [1.807, 2.05) is 0 Å². The van der Waals surface area contributed by atoms with Crippen molar-refractivity contribution >= 4 is 17.7 Å². The van der Waals surface area contributed by atoms with Crippen LogP contribution < -0.4 is 16.4 Å². The number of rotatable bonds is 6. The van der Waals surface area contributed by atoms with Gasteiger partial charge in [-0.2, -0.15) is 4.98 Å². The molecule has 2 saturated carbocycles. The molecule has 27 heavy (non-hydrogen) atoms. The maximum absolute atomic E-state index is 13.7. The molecule has 9 heteroatoms. The molecule has 1 aromatic rings. The van der Waals surface area contributed by atoms with E-state index in [4.69, 9.17) is 10.5 Å². The lowest BCUT2D eigenvalue weighted by Crippen LogP contribution is -2.35. The number of nitrogens with two attached hydrogens (primary N) is 1. The van der Waals surface area contributed by atoms with Crippen molar-refractivity contribution in [3.8, 4) is 0 Å². The van der Waals surface area contributed by atoms with Crippen molar-refractivity contribution in [2.45, 2.75) is 75.5 Å². The summed E-state index contributed by atoms with van der Waals surface area (Å²) in [5.74, 6) is -2.80. The molecule has 0 saturated heterocycles. The van der Waals surface area contributed by atoms with E-state index in [2.05, 4.69) is 20.6 Å². The van der Waals surface area contributed by atoms with E-state index < -0.39 is 17.9 Å². The number of ether oxygens (including phenoxy) is 1. The highest BCUT2D eigenvalue weighted by Crippen LogP contribution is 2.34. The van der Waals surface area contributed by atoms with E-state index in [0.717, 1.165) is 25.7 Å². The van der Waals surface area contributed by atoms with Crippen LogP contribution in [-0.2, 0) is 4.74 Å². The first-order valence-corrected chi connectivity index (χ1v) is 9.47. The van der Waals surface area contributed by atoms with Crippen LogP contribution in [0.2, 0.25) is 0 Å². The SMILES string of the molecule is CO[C@H]1CC[C@H](Nc2ncc(C(N)=O)c(N[C@@H]3CCCC(F)(F)C3)n2)CC1. The van der Waals surface area contributed by atoms with Gasteiger partial charge in [-0.3, -0.25) is 4.79 Å². The van der Waals surface area contributed by atoms with Crippen LogP contribution in [0.25, 0.3) is 0 Å². The van der Waals surface area contributed by atoms with Crippen LogP contribution in [0.1, 0.15) is 61.7 Å². The second-order valence-electron chi connectivity index (χ2n) is 7.47. The van der Waals surface area contributed by atoms with Crippen LogP contribution in [0, 0.1) is 0 Å². The van der Waals surface area contributed by atoms with Crippen molar-refractivity contribution in [3.63, 3.8) is 0 Å². The zero-order valence-electron chi connectivity index (χ0n) is 15.5. The third-order valence-electron chi connectivity index (χ3n) is 5.38. The molecular weight excluding hydrogens is 356 g/mol. The normalized spacial score (nSPS) is 27.7. The number of nitrogens with zero attached hydrogens (tertiary/aromatic N) is 2. The molecule has 0 unspecified atom stereocenters. The average molecular weight is 383 g/mol. The van der Waals surface area contributed by atoms with Crippen molar-refractivity contribution in [3.05, 3.63) is 11.8 Å². The summed E-state index contributed by atoms with van der Waals surface area (Å²) in [7, 11) is 1.72. The smallest absolute Gasteiger partial charge is 0.254 e. The Bertz CT molecular complexity index is 665. The van der Waals surface area contributed by atoms with Crippen LogP contribution in [0.4, 0.5) is 20.5 Å². The number of hydrogen-bond donors (Lipinski definition) is 3. The van der Waals surface area contributed by atoms with Gasteiger partial charge in [-0.15, -0.1) is 0 Å². The molecule has 3 rings (SSSR count). The average Bonchev–Trinajstić information content (AvgIpc) is 2.61. The Kier molecular flexibility index (Phi) is 6.08. The van der Waals surface area contributed by atoms with E-state index >= 15 is 0 Å². The van der Waals surface area contributed by atoms with Crippen LogP contribution in [0.15, 0.2) is 6.20 Å². The highest BCUT2D eigenvalue weighted by atomic mass is 19.3. The van der Waals surface area contributed by atoms with Gasteiger partial charge in [-0.25, -0.2) is 13.8 Å². The largest absolute Gasteiger partial charge is 0.381 e. The lowest BCUT2D eigenvalue weighted by atomic mass is 9.92. The molecule has 0 aliphatic heterocycles. The van der Waals surface area contributed by atoms with Gasteiger partial charge in [0.1, 0.15) is 5.82 Å². The molecule has 1 atom stereocenters. The lowest BCUT2D eigenvalue weighted by molar-refractivity contribution is -0.0373. The number of amides is 1. The number of alkyl halides is 2. The van der Waals surface area contributed by atoms with Crippen LogP contribution in [0.3, 0.4) is 0 Å². The van der Waals surface area contributed by atoms with Gasteiger partial charge in [0.05, 0.1) is 11.7 Å². The summed E-state index contributed by atoms with van der Waals surface area (Å²) in [6, 6.07) is -0.241. The summed E-state index contributed by atoms with van der Waals surface area (Å²) in [6.07, 6.45) is 6.04. The van der Waals surface area contributed by atoms with E-state index in [9.17, 15) is 13.6 Å². The first-order chi connectivity index (χ1) is 12.9. The Labute approximate surface area is 157 Å². The number of anilines is 2. The minimum absolute atomic E-state index is 0.103. The van der Waals surface area contributed by atoms with Crippen molar-refractivity contribution in [1.82, 2.24) is 9.97 Å². The number of halogens is 2. The summed E-state index contributed by atoms with van der Waals surface area (Å²) in [4.78, 5) is 20.2. The van der Waals surface area contributed by atoms with Gasteiger partial charge in [-0.05, 0) is 38.5 Å². The van der Waals surface area contributed by atoms with Crippen LogP contribution >= 0.6 is 0 Å². The zero-order chi connectivity index (χ0) is 19.4. The Balaban J connectivity index is 1.70. The molecule has 4 N–H and O–H groups in total. The number of nitrogens with one attached hydrogen (secondary N) is 2. The molecule has 2 aliphatic carbocycles. The molecule has 7 nitrogen and oxygen atoms in total. The topological polar surface area (TPSA) is 102 Å². The highest BCUT2D eigenvalue weighted by Gasteiger charge is 2.36. The molecule has 1 heterocycles. The van der Waals surface area contributed by atoms with Crippen molar-refractivity contribution in [1.29, 1.82) is 0 Å². The molecular formula is C18H27F2N5O2. The van der Waals surface area contributed by atoms with E-state index in [0.29, 0.717) is 18.8 Å². The van der Waals surface area contributed by atoms with Gasteiger partial charge in [-0.1, -0.05) is 0 Å². The Hall–Kier alpha value is -2.03. The fourth-order valence-electron chi connectivity index (χ4n) is 3.86. The van der Waals surface area contributed by atoms with E-state index in [1.54, 1.807) is 7.11 Å². The summed E-state index contributed by atoms with van der Waals surface area (Å²) < 4.78 is 32.7. The maximum atomic E-state index is 13.7. The number of carbonyl (C=O) groups excluding carboxylic acids is 1. The van der Waals surface area contributed by atoms with Crippen molar-refractivity contribution < 1.29 is 18.3 Å². The van der Waals surface area contributed by atoms with Gasteiger partial charge < -0.3 is 21.1 Å². The number of aromatic nitrogens is 2. The van der Waals surface area contributed by atoms with E-state index in [-0.39, 0.29) is 36.4 Å². The number of methoxy groups -OCH3 is 1. The standard InChI is InChI=1S/C18H27F2N5O2/c1-27-13-6-4-11(5-7-13)24-17-22-10-14(15(21)26)16(25-17)23-12-3-2-8-18(19,20)9-12/h10-13H,2-9H2,1H3,(H2,21,26)(H2,22,23,24,25)/t11-,12-,13-/m1/s1. The predicted molar refractivity (Wildman–Crippen MR) is 98.1 cm³/mol. The number of carbonyl (C=O) groups is 1. The number of hydrogen-bond acceptors (Lipinski definition) is 6.